The number of carbonyl (C=O) groups is 1. The summed E-state index contributed by atoms with van der Waals surface area (Å²) in [6.07, 6.45) is -5.11. The molecule has 4 nitrogen and oxygen atoms in total. The van der Waals surface area contributed by atoms with Crippen molar-refractivity contribution in [1.29, 1.82) is 0 Å². The summed E-state index contributed by atoms with van der Waals surface area (Å²) in [6.45, 7) is 1.37. The molecule has 1 aromatic carbocycles. The van der Waals surface area contributed by atoms with Gasteiger partial charge in [-0.05, 0) is 13.0 Å². The fourth-order valence-corrected chi connectivity index (χ4v) is 2.91. The predicted molar refractivity (Wildman–Crippen MR) is 79.0 cm³/mol. The standard InChI is InChI=1S/C13H9Cl3F3NO3/c1-2-22-11(21)9-10(23-13(17,18)19)20(16)8-6-4-3-5-7(8)12(9,14)15/h3-6H,2H2,1H3. The Morgan fingerprint density at radius 3 is 2.48 bits per heavy atom. The molecular weight excluding hydrogens is 382 g/mol. The summed E-state index contributed by atoms with van der Waals surface area (Å²) in [5.41, 5.74) is -0.587. The van der Waals surface area contributed by atoms with Crippen LogP contribution >= 0.6 is 35.0 Å². The zero-order valence-corrected chi connectivity index (χ0v) is 13.7. The molecule has 0 fully saturated rings. The maximum atomic E-state index is 12.7. The predicted octanol–water partition coefficient (Wildman–Crippen LogP) is 4.60. The van der Waals surface area contributed by atoms with Crippen LogP contribution in [0.3, 0.4) is 0 Å². The van der Waals surface area contributed by atoms with E-state index in [1.807, 2.05) is 0 Å². The molecule has 0 saturated heterocycles. The number of nitrogens with zero attached hydrogens (tertiary/aromatic N) is 1. The lowest BCUT2D eigenvalue weighted by Gasteiger charge is -2.35. The average Bonchev–Trinajstić information content (AvgIpc) is 2.43. The number of ether oxygens (including phenoxy) is 2. The molecule has 0 spiro atoms. The van der Waals surface area contributed by atoms with Crippen molar-refractivity contribution in [3.05, 3.63) is 41.3 Å². The Kier molecular flexibility index (Phi) is 4.94. The molecule has 1 heterocycles. The summed E-state index contributed by atoms with van der Waals surface area (Å²) < 4.78 is 45.0. The van der Waals surface area contributed by atoms with Crippen LogP contribution in [0, 0.1) is 0 Å². The summed E-state index contributed by atoms with van der Waals surface area (Å²) >= 11 is 18.2. The summed E-state index contributed by atoms with van der Waals surface area (Å²) in [4.78, 5) is 12.1. The summed E-state index contributed by atoms with van der Waals surface area (Å²) in [6, 6.07) is 5.86. The van der Waals surface area contributed by atoms with Crippen molar-refractivity contribution in [1.82, 2.24) is 0 Å². The summed E-state index contributed by atoms with van der Waals surface area (Å²) in [5, 5.41) is 0. The number of carbonyl (C=O) groups excluding carboxylic acids is 1. The highest BCUT2D eigenvalue weighted by Gasteiger charge is 2.50. The van der Waals surface area contributed by atoms with Crippen LogP contribution in [-0.4, -0.2) is 18.9 Å². The van der Waals surface area contributed by atoms with Crippen LogP contribution in [0.15, 0.2) is 35.7 Å². The lowest BCUT2D eigenvalue weighted by molar-refractivity contribution is -0.306. The van der Waals surface area contributed by atoms with Gasteiger partial charge in [0.2, 0.25) is 5.88 Å². The van der Waals surface area contributed by atoms with Crippen LogP contribution < -0.4 is 4.42 Å². The van der Waals surface area contributed by atoms with Gasteiger partial charge in [0.15, 0.2) is 4.33 Å². The molecule has 0 bridgehead atoms. The van der Waals surface area contributed by atoms with E-state index < -0.39 is 28.1 Å². The molecule has 23 heavy (non-hydrogen) atoms. The second-order valence-corrected chi connectivity index (χ2v) is 5.99. The Labute approximate surface area is 144 Å². The van der Waals surface area contributed by atoms with Gasteiger partial charge in [-0.25, -0.2) is 9.21 Å². The Hall–Kier alpha value is -1.31. The van der Waals surface area contributed by atoms with Crippen LogP contribution in [-0.2, 0) is 18.6 Å². The third-order valence-electron chi connectivity index (χ3n) is 2.85. The molecule has 0 aromatic heterocycles. The maximum absolute atomic E-state index is 12.7. The highest BCUT2D eigenvalue weighted by molar-refractivity contribution is 6.53. The Morgan fingerprint density at radius 2 is 1.91 bits per heavy atom. The highest BCUT2D eigenvalue weighted by atomic mass is 35.5. The van der Waals surface area contributed by atoms with Gasteiger partial charge in [-0.1, -0.05) is 41.4 Å². The second kappa shape index (κ2) is 6.30. The Morgan fingerprint density at radius 1 is 1.30 bits per heavy atom. The average molecular weight is 391 g/mol. The SMILES string of the molecule is CCOC(=O)C1=C(OC(F)(F)F)N(Cl)c2ccccc2C1(Cl)Cl. The number of rotatable bonds is 3. The molecule has 2 rings (SSSR count). The van der Waals surface area contributed by atoms with Crippen LogP contribution in [0.2, 0.25) is 0 Å². The monoisotopic (exact) mass is 389 g/mol. The van der Waals surface area contributed by atoms with Gasteiger partial charge in [-0.3, -0.25) is 0 Å². The summed E-state index contributed by atoms with van der Waals surface area (Å²) in [5.74, 6) is -2.22. The van der Waals surface area contributed by atoms with Crippen LogP contribution in [0.5, 0.6) is 0 Å². The summed E-state index contributed by atoms with van der Waals surface area (Å²) in [7, 11) is 0. The number of para-hydroxylation sites is 1. The number of hydrogen-bond donors (Lipinski definition) is 0. The van der Waals surface area contributed by atoms with Crippen LogP contribution in [0.4, 0.5) is 18.9 Å². The third-order valence-corrected chi connectivity index (χ3v) is 3.97. The van der Waals surface area contributed by atoms with Crippen molar-refractivity contribution in [2.75, 3.05) is 11.0 Å². The molecule has 0 saturated carbocycles. The molecule has 1 aromatic rings. The lowest BCUT2D eigenvalue weighted by atomic mass is 9.98. The molecule has 10 heteroatoms. The Bertz CT molecular complexity index is 661. The van der Waals surface area contributed by atoms with Gasteiger partial charge >= 0.3 is 12.3 Å². The van der Waals surface area contributed by atoms with Crippen molar-refractivity contribution < 1.29 is 27.4 Å². The molecule has 126 valence electrons. The van der Waals surface area contributed by atoms with E-state index in [1.54, 1.807) is 6.07 Å². The minimum absolute atomic E-state index is 0.0477. The lowest BCUT2D eigenvalue weighted by Crippen LogP contribution is -2.36. The number of hydrogen-bond acceptors (Lipinski definition) is 4. The van der Waals surface area contributed by atoms with Gasteiger partial charge in [-0.15, -0.1) is 13.2 Å². The molecular formula is C13H9Cl3F3NO3. The van der Waals surface area contributed by atoms with E-state index in [0.717, 1.165) is 0 Å². The zero-order valence-electron chi connectivity index (χ0n) is 11.5. The fraction of sp³-hybridized carbons (Fsp3) is 0.308. The van der Waals surface area contributed by atoms with E-state index in [9.17, 15) is 18.0 Å². The number of anilines is 1. The van der Waals surface area contributed by atoms with E-state index in [4.69, 9.17) is 39.7 Å². The Balaban J connectivity index is 2.68. The third kappa shape index (κ3) is 3.46. The van der Waals surface area contributed by atoms with E-state index >= 15 is 0 Å². The molecule has 0 N–H and O–H groups in total. The largest absolute Gasteiger partial charge is 0.574 e. The fourth-order valence-electron chi connectivity index (χ4n) is 2.01. The van der Waals surface area contributed by atoms with Gasteiger partial charge < -0.3 is 9.47 Å². The number of halogens is 6. The minimum atomic E-state index is -5.11. The molecule has 0 radical (unpaired) electrons. The first-order valence-corrected chi connectivity index (χ1v) is 7.29. The number of benzene rings is 1. The maximum Gasteiger partial charge on any atom is 0.574 e. The second-order valence-electron chi connectivity index (χ2n) is 4.32. The smallest absolute Gasteiger partial charge is 0.462 e. The van der Waals surface area contributed by atoms with Crippen molar-refractivity contribution in [3.63, 3.8) is 0 Å². The van der Waals surface area contributed by atoms with Crippen molar-refractivity contribution in [2.24, 2.45) is 0 Å². The van der Waals surface area contributed by atoms with E-state index in [2.05, 4.69) is 4.74 Å². The van der Waals surface area contributed by atoms with Crippen molar-refractivity contribution in [2.45, 2.75) is 17.6 Å². The zero-order chi connectivity index (χ0) is 17.4. The van der Waals surface area contributed by atoms with E-state index in [0.29, 0.717) is 4.42 Å². The van der Waals surface area contributed by atoms with Gasteiger partial charge in [0.25, 0.3) is 0 Å². The van der Waals surface area contributed by atoms with Gasteiger partial charge in [0, 0.05) is 17.3 Å². The van der Waals surface area contributed by atoms with Gasteiger partial charge in [0.05, 0.1) is 12.3 Å². The molecule has 0 unspecified atom stereocenters. The number of esters is 1. The van der Waals surface area contributed by atoms with E-state index in [-0.39, 0.29) is 17.9 Å². The molecule has 1 aliphatic heterocycles. The van der Waals surface area contributed by atoms with Gasteiger partial charge in [-0.2, -0.15) is 0 Å². The molecule has 1 aliphatic rings. The molecule has 0 atom stereocenters. The van der Waals surface area contributed by atoms with E-state index in [1.165, 1.54) is 25.1 Å². The molecule has 0 amide bonds. The quantitative estimate of drug-likeness (QED) is 0.429. The van der Waals surface area contributed by atoms with Crippen molar-refractivity contribution >= 4 is 46.6 Å². The van der Waals surface area contributed by atoms with Crippen LogP contribution in [0.25, 0.3) is 0 Å². The number of fused-ring (bicyclic) bond motifs is 1. The minimum Gasteiger partial charge on any atom is -0.462 e. The molecule has 0 aliphatic carbocycles. The first-order valence-electron chi connectivity index (χ1n) is 6.20. The first-order chi connectivity index (χ1) is 10.6. The normalized spacial score (nSPS) is 16.9. The van der Waals surface area contributed by atoms with Gasteiger partial charge in [0.1, 0.15) is 5.57 Å². The topological polar surface area (TPSA) is 38.8 Å². The first kappa shape index (κ1) is 18.0. The van der Waals surface area contributed by atoms with Crippen LogP contribution in [0.1, 0.15) is 12.5 Å². The number of alkyl halides is 5. The van der Waals surface area contributed by atoms with Crippen molar-refractivity contribution in [3.8, 4) is 0 Å². The highest BCUT2D eigenvalue weighted by Crippen LogP contribution is 2.52.